The highest BCUT2D eigenvalue weighted by atomic mass is 14.4. The molecule has 6 atom stereocenters. The minimum atomic E-state index is 0.838. The van der Waals surface area contributed by atoms with Gasteiger partial charge in [-0.15, -0.1) is 0 Å². The van der Waals surface area contributed by atoms with Crippen LogP contribution in [0.3, 0.4) is 0 Å². The lowest BCUT2D eigenvalue weighted by molar-refractivity contribution is 0.0962. The average Bonchev–Trinajstić information content (AvgIpc) is 2.32. The molecule has 0 radical (unpaired) electrons. The highest BCUT2D eigenvalue weighted by molar-refractivity contribution is 4.82. The van der Waals surface area contributed by atoms with Crippen LogP contribution >= 0.6 is 0 Å². The summed E-state index contributed by atoms with van der Waals surface area (Å²) in [7, 11) is 0. The molecule has 6 unspecified atom stereocenters. The first-order valence-corrected chi connectivity index (χ1v) is 8.86. The van der Waals surface area contributed by atoms with Crippen molar-refractivity contribution < 1.29 is 0 Å². The molecule has 0 N–H and O–H groups in total. The van der Waals surface area contributed by atoms with Crippen molar-refractivity contribution in [2.75, 3.05) is 0 Å². The molecule has 0 aromatic heterocycles. The van der Waals surface area contributed by atoms with Crippen molar-refractivity contribution in [2.45, 2.75) is 80.6 Å². The molecular formula is C19H38. The quantitative estimate of drug-likeness (QED) is 0.552. The van der Waals surface area contributed by atoms with E-state index in [-0.39, 0.29) is 0 Å². The topological polar surface area (TPSA) is 0 Å². The minimum Gasteiger partial charge on any atom is -0.0651 e. The van der Waals surface area contributed by atoms with Gasteiger partial charge in [0.25, 0.3) is 0 Å². The molecule has 1 aliphatic rings. The first-order chi connectivity index (χ1) is 8.86. The van der Waals surface area contributed by atoms with Gasteiger partial charge in [0.2, 0.25) is 0 Å². The van der Waals surface area contributed by atoms with E-state index in [1.807, 2.05) is 0 Å². The first-order valence-electron chi connectivity index (χ1n) is 8.86. The number of hydrogen-bond donors (Lipinski definition) is 0. The van der Waals surface area contributed by atoms with Gasteiger partial charge in [0, 0.05) is 0 Å². The first kappa shape index (κ1) is 17.1. The Labute approximate surface area is 122 Å². The summed E-state index contributed by atoms with van der Waals surface area (Å²) in [5.74, 6) is 6.38. The van der Waals surface area contributed by atoms with Crippen molar-refractivity contribution >= 4 is 0 Å². The van der Waals surface area contributed by atoms with Crippen LogP contribution in [0.5, 0.6) is 0 Å². The maximum absolute atomic E-state index is 2.55. The molecule has 0 aromatic carbocycles. The molecule has 1 fully saturated rings. The molecule has 0 aliphatic heterocycles. The fourth-order valence-electron chi connectivity index (χ4n) is 4.81. The Bertz CT molecular complexity index is 242. The maximum Gasteiger partial charge on any atom is -0.0357 e. The Morgan fingerprint density at radius 1 is 0.895 bits per heavy atom. The van der Waals surface area contributed by atoms with Gasteiger partial charge in [0.1, 0.15) is 0 Å². The van der Waals surface area contributed by atoms with Crippen LogP contribution in [-0.4, -0.2) is 0 Å². The van der Waals surface area contributed by atoms with E-state index in [4.69, 9.17) is 0 Å². The van der Waals surface area contributed by atoms with Gasteiger partial charge >= 0.3 is 0 Å². The van der Waals surface area contributed by atoms with E-state index >= 15 is 0 Å². The van der Waals surface area contributed by atoms with Crippen molar-refractivity contribution in [1.82, 2.24) is 0 Å². The average molecular weight is 267 g/mol. The largest absolute Gasteiger partial charge is 0.0651 e. The van der Waals surface area contributed by atoms with Crippen molar-refractivity contribution in [3.63, 3.8) is 0 Å². The predicted octanol–water partition coefficient (Wildman–Crippen LogP) is 6.40. The zero-order valence-electron chi connectivity index (χ0n) is 14.6. The Hall–Kier alpha value is 0. The SMILES string of the molecule is CCC(C(C)C)C(C)C1CC(C)CCC(C)CC1C. The van der Waals surface area contributed by atoms with Crippen LogP contribution in [0.2, 0.25) is 0 Å². The molecule has 0 aromatic rings. The highest BCUT2D eigenvalue weighted by Gasteiger charge is 2.33. The minimum absolute atomic E-state index is 0.838. The summed E-state index contributed by atoms with van der Waals surface area (Å²) in [6.45, 7) is 17.3. The lowest BCUT2D eigenvalue weighted by atomic mass is 9.65. The monoisotopic (exact) mass is 266 g/mol. The standard InChI is InChI=1S/C19H38/c1-8-18(13(2)3)17(7)19-12-15(5)10-9-14(4)11-16(19)6/h13-19H,8-12H2,1-7H3. The van der Waals surface area contributed by atoms with Gasteiger partial charge in [-0.2, -0.15) is 0 Å². The molecule has 0 bridgehead atoms. The molecule has 0 nitrogen and oxygen atoms in total. The smallest absolute Gasteiger partial charge is 0.0357 e. The van der Waals surface area contributed by atoms with E-state index in [0.29, 0.717) is 0 Å². The van der Waals surface area contributed by atoms with Gasteiger partial charge in [-0.25, -0.2) is 0 Å². The molecule has 0 heterocycles. The van der Waals surface area contributed by atoms with E-state index in [1.165, 1.54) is 32.1 Å². The normalized spacial score (nSPS) is 36.6. The van der Waals surface area contributed by atoms with E-state index in [2.05, 4.69) is 48.5 Å². The van der Waals surface area contributed by atoms with Crippen LogP contribution in [0.4, 0.5) is 0 Å². The second-order valence-corrected chi connectivity index (χ2v) is 8.08. The maximum atomic E-state index is 2.55. The second-order valence-electron chi connectivity index (χ2n) is 8.08. The van der Waals surface area contributed by atoms with Crippen LogP contribution in [-0.2, 0) is 0 Å². The predicted molar refractivity (Wildman–Crippen MR) is 87.2 cm³/mol. The third kappa shape index (κ3) is 4.80. The third-order valence-electron chi connectivity index (χ3n) is 6.01. The highest BCUT2D eigenvalue weighted by Crippen LogP contribution is 2.42. The molecule has 0 amide bonds. The van der Waals surface area contributed by atoms with E-state index < -0.39 is 0 Å². The molecule has 1 rings (SSSR count). The lowest BCUT2D eigenvalue weighted by Crippen LogP contribution is -2.32. The van der Waals surface area contributed by atoms with Gasteiger partial charge in [-0.3, -0.25) is 0 Å². The summed E-state index contributed by atoms with van der Waals surface area (Å²) in [5.41, 5.74) is 0. The van der Waals surface area contributed by atoms with Crippen LogP contribution in [0, 0.1) is 41.4 Å². The molecule has 114 valence electrons. The Morgan fingerprint density at radius 3 is 1.89 bits per heavy atom. The summed E-state index contributed by atoms with van der Waals surface area (Å²) >= 11 is 0. The van der Waals surface area contributed by atoms with Crippen LogP contribution < -0.4 is 0 Å². The Morgan fingerprint density at radius 2 is 1.42 bits per heavy atom. The second kappa shape index (κ2) is 7.70. The van der Waals surface area contributed by atoms with Crippen molar-refractivity contribution in [1.29, 1.82) is 0 Å². The zero-order valence-corrected chi connectivity index (χ0v) is 14.6. The van der Waals surface area contributed by atoms with E-state index in [9.17, 15) is 0 Å². The lowest BCUT2D eigenvalue weighted by Gasteiger charge is -2.40. The van der Waals surface area contributed by atoms with E-state index in [1.54, 1.807) is 0 Å². The third-order valence-corrected chi connectivity index (χ3v) is 6.01. The zero-order chi connectivity index (χ0) is 14.6. The summed E-state index contributed by atoms with van der Waals surface area (Å²) in [6.07, 6.45) is 7.18. The Kier molecular flexibility index (Phi) is 6.91. The van der Waals surface area contributed by atoms with Gasteiger partial charge in [-0.05, 0) is 54.3 Å². The summed E-state index contributed by atoms with van der Waals surface area (Å²) in [5, 5.41) is 0. The molecule has 0 heteroatoms. The summed E-state index contributed by atoms with van der Waals surface area (Å²) < 4.78 is 0. The van der Waals surface area contributed by atoms with Crippen LogP contribution in [0.25, 0.3) is 0 Å². The fourth-order valence-corrected chi connectivity index (χ4v) is 4.81. The summed E-state index contributed by atoms with van der Waals surface area (Å²) in [4.78, 5) is 0. The molecule has 0 spiro atoms. The Balaban J connectivity index is 2.80. The van der Waals surface area contributed by atoms with Gasteiger partial charge in [-0.1, -0.05) is 67.7 Å². The van der Waals surface area contributed by atoms with Crippen molar-refractivity contribution in [3.05, 3.63) is 0 Å². The van der Waals surface area contributed by atoms with Crippen molar-refractivity contribution in [2.24, 2.45) is 41.4 Å². The van der Waals surface area contributed by atoms with Gasteiger partial charge in [0.15, 0.2) is 0 Å². The van der Waals surface area contributed by atoms with Gasteiger partial charge < -0.3 is 0 Å². The van der Waals surface area contributed by atoms with Gasteiger partial charge in [0.05, 0.1) is 0 Å². The van der Waals surface area contributed by atoms with E-state index in [0.717, 1.165) is 41.4 Å². The van der Waals surface area contributed by atoms with Crippen LogP contribution in [0.1, 0.15) is 80.6 Å². The summed E-state index contributed by atoms with van der Waals surface area (Å²) in [6, 6.07) is 0. The number of hydrogen-bond acceptors (Lipinski definition) is 0. The fraction of sp³-hybridized carbons (Fsp3) is 1.00. The van der Waals surface area contributed by atoms with Crippen molar-refractivity contribution in [3.8, 4) is 0 Å². The molecule has 19 heavy (non-hydrogen) atoms. The molecule has 1 saturated carbocycles. The molecule has 1 aliphatic carbocycles. The molecular weight excluding hydrogens is 228 g/mol. The number of rotatable bonds is 4. The molecule has 0 saturated heterocycles. The van der Waals surface area contributed by atoms with Crippen LogP contribution in [0.15, 0.2) is 0 Å².